The number of rotatable bonds is 8. The molecule has 26 heavy (non-hydrogen) atoms. The molecule has 1 heterocycles. The van der Waals surface area contributed by atoms with E-state index in [9.17, 15) is 4.79 Å². The quantitative estimate of drug-likeness (QED) is 0.604. The largest absolute Gasteiger partial charge is 0.497 e. The van der Waals surface area contributed by atoms with E-state index >= 15 is 0 Å². The molecule has 6 heteroatoms. The molecule has 0 spiro atoms. The fourth-order valence-electron chi connectivity index (χ4n) is 2.50. The van der Waals surface area contributed by atoms with Crippen molar-refractivity contribution in [1.29, 1.82) is 0 Å². The maximum absolute atomic E-state index is 12.1. The van der Waals surface area contributed by atoms with Crippen molar-refractivity contribution in [2.24, 2.45) is 0 Å². The number of amides is 1. The number of benzene rings is 2. The van der Waals surface area contributed by atoms with E-state index in [1.807, 2.05) is 54.6 Å². The van der Waals surface area contributed by atoms with Gasteiger partial charge in [0.2, 0.25) is 5.91 Å². The summed E-state index contributed by atoms with van der Waals surface area (Å²) in [6.07, 6.45) is 2.73. The van der Waals surface area contributed by atoms with Crippen molar-refractivity contribution in [3.8, 4) is 22.8 Å². The highest BCUT2D eigenvalue weighted by molar-refractivity contribution is 5.91. The van der Waals surface area contributed by atoms with Gasteiger partial charge in [-0.05, 0) is 48.9 Å². The predicted molar refractivity (Wildman–Crippen MR) is 100 cm³/mol. The molecular weight excluding hydrogens is 330 g/mol. The number of nitrogens with one attached hydrogen (secondary N) is 2. The number of methoxy groups -OCH3 is 1. The highest BCUT2D eigenvalue weighted by Crippen LogP contribution is 2.20. The van der Waals surface area contributed by atoms with Crippen LogP contribution in [0.1, 0.15) is 12.8 Å². The van der Waals surface area contributed by atoms with Gasteiger partial charge >= 0.3 is 0 Å². The van der Waals surface area contributed by atoms with Crippen molar-refractivity contribution in [3.63, 3.8) is 0 Å². The Balaban J connectivity index is 1.43. The van der Waals surface area contributed by atoms with Crippen LogP contribution in [-0.2, 0) is 4.79 Å². The molecule has 0 radical (unpaired) electrons. The number of ether oxygens (including phenoxy) is 2. The van der Waals surface area contributed by atoms with Crippen LogP contribution in [-0.4, -0.2) is 29.8 Å². The van der Waals surface area contributed by atoms with Crippen LogP contribution in [0, 0.1) is 0 Å². The van der Waals surface area contributed by atoms with Crippen molar-refractivity contribution in [3.05, 3.63) is 60.8 Å². The minimum atomic E-state index is -0.0370. The second-order valence-electron chi connectivity index (χ2n) is 5.73. The molecule has 1 amide bonds. The van der Waals surface area contributed by atoms with Crippen LogP contribution in [0.5, 0.6) is 11.5 Å². The lowest BCUT2D eigenvalue weighted by Crippen LogP contribution is -2.12. The molecule has 2 aromatic carbocycles. The number of H-pyrrole nitrogens is 1. The lowest BCUT2D eigenvalue weighted by Gasteiger charge is -2.08. The number of nitrogens with zero attached hydrogens (tertiary/aromatic N) is 1. The minimum absolute atomic E-state index is 0.0370. The topological polar surface area (TPSA) is 76.2 Å². The summed E-state index contributed by atoms with van der Waals surface area (Å²) in [6, 6.07) is 16.9. The molecule has 3 aromatic rings. The Morgan fingerprint density at radius 2 is 1.92 bits per heavy atom. The lowest BCUT2D eigenvalue weighted by molar-refractivity contribution is -0.116. The molecule has 2 N–H and O–H groups in total. The SMILES string of the molecule is COc1ccc(OCCCC(=O)Nc2cccc(-c3ccn[nH]3)c2)cc1. The highest BCUT2D eigenvalue weighted by atomic mass is 16.5. The predicted octanol–water partition coefficient (Wildman–Crippen LogP) is 3.88. The van der Waals surface area contributed by atoms with Crippen LogP contribution >= 0.6 is 0 Å². The smallest absolute Gasteiger partial charge is 0.224 e. The van der Waals surface area contributed by atoms with E-state index in [-0.39, 0.29) is 5.91 Å². The summed E-state index contributed by atoms with van der Waals surface area (Å²) in [5.41, 5.74) is 2.65. The van der Waals surface area contributed by atoms with E-state index < -0.39 is 0 Å². The zero-order valence-electron chi connectivity index (χ0n) is 14.6. The van der Waals surface area contributed by atoms with Crippen LogP contribution in [0.4, 0.5) is 5.69 Å². The van der Waals surface area contributed by atoms with E-state index in [1.54, 1.807) is 13.3 Å². The Morgan fingerprint density at radius 1 is 1.12 bits per heavy atom. The molecule has 0 fully saturated rings. The van der Waals surface area contributed by atoms with Gasteiger partial charge in [0.25, 0.3) is 0 Å². The standard InChI is InChI=1S/C20H21N3O3/c1-25-17-7-9-18(10-8-17)26-13-3-6-20(24)22-16-5-2-4-15(14-16)19-11-12-21-23-19/h2,4-5,7-12,14H,3,6,13H2,1H3,(H,21,23)(H,22,24). The number of hydrogen-bond donors (Lipinski definition) is 2. The molecule has 0 aliphatic rings. The summed E-state index contributed by atoms with van der Waals surface area (Å²) < 4.78 is 10.7. The average Bonchev–Trinajstić information content (AvgIpc) is 3.21. The molecule has 0 saturated carbocycles. The maximum Gasteiger partial charge on any atom is 0.224 e. The van der Waals surface area contributed by atoms with Crippen LogP contribution in [0.15, 0.2) is 60.8 Å². The lowest BCUT2D eigenvalue weighted by atomic mass is 10.1. The third kappa shape index (κ3) is 4.86. The van der Waals surface area contributed by atoms with E-state index in [4.69, 9.17) is 9.47 Å². The zero-order valence-corrected chi connectivity index (χ0v) is 14.6. The fraction of sp³-hybridized carbons (Fsp3) is 0.200. The Hall–Kier alpha value is -3.28. The molecule has 134 valence electrons. The number of carbonyl (C=O) groups excluding carboxylic acids is 1. The van der Waals surface area contributed by atoms with Crippen LogP contribution in [0.3, 0.4) is 0 Å². The molecule has 0 aliphatic carbocycles. The number of carbonyl (C=O) groups is 1. The van der Waals surface area contributed by atoms with Crippen molar-refractivity contribution in [2.45, 2.75) is 12.8 Å². The number of aromatic nitrogens is 2. The summed E-state index contributed by atoms with van der Waals surface area (Å²) in [7, 11) is 1.62. The molecule has 0 unspecified atom stereocenters. The van der Waals surface area contributed by atoms with E-state index in [0.717, 1.165) is 28.4 Å². The van der Waals surface area contributed by atoms with E-state index in [0.29, 0.717) is 19.4 Å². The van der Waals surface area contributed by atoms with Crippen molar-refractivity contribution in [2.75, 3.05) is 19.0 Å². The minimum Gasteiger partial charge on any atom is -0.497 e. The van der Waals surface area contributed by atoms with Gasteiger partial charge in [0.15, 0.2) is 0 Å². The van der Waals surface area contributed by atoms with Crippen LogP contribution in [0.2, 0.25) is 0 Å². The second-order valence-corrected chi connectivity index (χ2v) is 5.73. The molecule has 0 atom stereocenters. The molecule has 0 bridgehead atoms. The Bertz CT molecular complexity index is 830. The summed E-state index contributed by atoms with van der Waals surface area (Å²) in [5, 5.41) is 9.76. The van der Waals surface area contributed by atoms with Crippen LogP contribution in [0.25, 0.3) is 11.3 Å². The van der Waals surface area contributed by atoms with Crippen molar-refractivity contribution >= 4 is 11.6 Å². The third-order valence-corrected chi connectivity index (χ3v) is 3.83. The van der Waals surface area contributed by atoms with E-state index in [2.05, 4.69) is 15.5 Å². The summed E-state index contributed by atoms with van der Waals surface area (Å²) in [6.45, 7) is 0.480. The van der Waals surface area contributed by atoms with Crippen molar-refractivity contribution < 1.29 is 14.3 Å². The first-order valence-electron chi connectivity index (χ1n) is 8.41. The third-order valence-electron chi connectivity index (χ3n) is 3.83. The molecule has 1 aromatic heterocycles. The zero-order chi connectivity index (χ0) is 18.2. The Labute approximate surface area is 152 Å². The van der Waals surface area contributed by atoms with Gasteiger partial charge in [-0.3, -0.25) is 9.89 Å². The summed E-state index contributed by atoms with van der Waals surface area (Å²) >= 11 is 0. The monoisotopic (exact) mass is 351 g/mol. The second kappa shape index (κ2) is 8.71. The summed E-state index contributed by atoms with van der Waals surface area (Å²) in [5.74, 6) is 1.51. The summed E-state index contributed by atoms with van der Waals surface area (Å²) in [4.78, 5) is 12.1. The molecular formula is C20H21N3O3. The Kier molecular flexibility index (Phi) is 5.88. The normalized spacial score (nSPS) is 10.3. The first-order chi connectivity index (χ1) is 12.7. The number of aromatic amines is 1. The van der Waals surface area contributed by atoms with Gasteiger partial charge in [0.1, 0.15) is 11.5 Å². The maximum atomic E-state index is 12.1. The first-order valence-corrected chi connectivity index (χ1v) is 8.41. The van der Waals surface area contributed by atoms with Gasteiger partial charge < -0.3 is 14.8 Å². The van der Waals surface area contributed by atoms with Gasteiger partial charge in [-0.25, -0.2) is 0 Å². The fourth-order valence-corrected chi connectivity index (χ4v) is 2.50. The van der Waals surface area contributed by atoms with Gasteiger partial charge in [-0.1, -0.05) is 12.1 Å². The average molecular weight is 351 g/mol. The molecule has 6 nitrogen and oxygen atoms in total. The molecule has 3 rings (SSSR count). The van der Waals surface area contributed by atoms with Gasteiger partial charge in [0.05, 0.1) is 19.4 Å². The number of hydrogen-bond acceptors (Lipinski definition) is 4. The van der Waals surface area contributed by atoms with Crippen molar-refractivity contribution in [1.82, 2.24) is 10.2 Å². The first kappa shape index (κ1) is 17.5. The van der Waals surface area contributed by atoms with Gasteiger partial charge in [-0.2, -0.15) is 5.10 Å². The van der Waals surface area contributed by atoms with Gasteiger partial charge in [-0.15, -0.1) is 0 Å². The molecule has 0 aliphatic heterocycles. The van der Waals surface area contributed by atoms with Crippen LogP contribution < -0.4 is 14.8 Å². The van der Waals surface area contributed by atoms with Gasteiger partial charge in [0, 0.05) is 23.9 Å². The number of anilines is 1. The molecule has 0 saturated heterocycles. The van der Waals surface area contributed by atoms with E-state index in [1.165, 1.54) is 0 Å². The highest BCUT2D eigenvalue weighted by Gasteiger charge is 2.05. The Morgan fingerprint density at radius 3 is 2.65 bits per heavy atom.